The molecular weight excluding hydrogens is 418 g/mol. The van der Waals surface area contributed by atoms with E-state index in [9.17, 15) is 9.59 Å². The first kappa shape index (κ1) is 24.6. The van der Waals surface area contributed by atoms with E-state index in [2.05, 4.69) is 34.6 Å². The van der Waals surface area contributed by atoms with Crippen molar-refractivity contribution in [2.75, 3.05) is 0 Å². The molecule has 0 aromatic carbocycles. The summed E-state index contributed by atoms with van der Waals surface area (Å²) in [6, 6.07) is 0.126. The Morgan fingerprint density at radius 1 is 0.853 bits per heavy atom. The predicted octanol–water partition coefficient (Wildman–Crippen LogP) is 7.40. The van der Waals surface area contributed by atoms with Gasteiger partial charge in [0.25, 0.3) is 11.8 Å². The lowest BCUT2D eigenvalue weighted by Gasteiger charge is -2.61. The van der Waals surface area contributed by atoms with Crippen molar-refractivity contribution in [3.8, 4) is 0 Å². The van der Waals surface area contributed by atoms with Crippen LogP contribution in [0.15, 0.2) is 12.2 Å². The second-order valence-corrected chi connectivity index (χ2v) is 14.0. The van der Waals surface area contributed by atoms with Crippen molar-refractivity contribution < 1.29 is 9.59 Å². The Kier molecular flexibility index (Phi) is 6.56. The van der Waals surface area contributed by atoms with E-state index in [4.69, 9.17) is 0 Å². The van der Waals surface area contributed by atoms with Crippen LogP contribution in [0.3, 0.4) is 0 Å². The number of hydrogen-bond acceptors (Lipinski definition) is 2. The topological polar surface area (TPSA) is 37.4 Å². The predicted molar refractivity (Wildman–Crippen MR) is 138 cm³/mol. The Morgan fingerprint density at radius 3 is 2.24 bits per heavy atom. The summed E-state index contributed by atoms with van der Waals surface area (Å²) in [5.74, 6) is 5.81. The molecule has 9 atom stereocenters. The first-order chi connectivity index (χ1) is 16.1. The quantitative estimate of drug-likeness (QED) is 0.382. The summed E-state index contributed by atoms with van der Waals surface area (Å²) in [4.78, 5) is 26.2. The minimum atomic E-state index is -0.0831. The molecule has 0 aromatic heterocycles. The van der Waals surface area contributed by atoms with Gasteiger partial charge in [0, 0.05) is 18.2 Å². The average Bonchev–Trinajstić information content (AvgIpc) is 3.31. The number of carbonyl (C=O) groups is 2. The fraction of sp³-hybridized carbons (Fsp3) is 0.871. The van der Waals surface area contributed by atoms with Crippen LogP contribution in [-0.2, 0) is 9.59 Å². The number of hydrogen-bond donors (Lipinski definition) is 0. The lowest BCUT2D eigenvalue weighted by molar-refractivity contribution is -0.148. The first-order valence-electron chi connectivity index (χ1n) is 14.7. The highest BCUT2D eigenvalue weighted by molar-refractivity contribution is 6.13. The summed E-state index contributed by atoms with van der Waals surface area (Å²) < 4.78 is 0. The summed E-state index contributed by atoms with van der Waals surface area (Å²) in [6.07, 6.45) is 18.8. The third kappa shape index (κ3) is 3.92. The van der Waals surface area contributed by atoms with Gasteiger partial charge in [-0.05, 0) is 110 Å². The third-order valence-electron chi connectivity index (χ3n) is 12.0. The van der Waals surface area contributed by atoms with Gasteiger partial charge in [0.1, 0.15) is 0 Å². The first-order valence-corrected chi connectivity index (χ1v) is 14.7. The van der Waals surface area contributed by atoms with Crippen molar-refractivity contribution in [1.29, 1.82) is 0 Å². The fourth-order valence-electron chi connectivity index (χ4n) is 10.3. The zero-order valence-electron chi connectivity index (χ0n) is 22.5. The maximum absolute atomic E-state index is 12.3. The molecule has 0 saturated heterocycles. The average molecular weight is 468 g/mol. The van der Waals surface area contributed by atoms with Gasteiger partial charge in [-0.2, -0.15) is 0 Å². The van der Waals surface area contributed by atoms with E-state index in [-0.39, 0.29) is 17.9 Å². The monoisotopic (exact) mass is 467 g/mol. The zero-order chi connectivity index (χ0) is 24.3. The van der Waals surface area contributed by atoms with Crippen LogP contribution in [0.1, 0.15) is 112 Å². The Morgan fingerprint density at radius 2 is 1.53 bits per heavy atom. The fourth-order valence-corrected chi connectivity index (χ4v) is 10.3. The second-order valence-electron chi connectivity index (χ2n) is 14.0. The highest BCUT2D eigenvalue weighted by Crippen LogP contribution is 2.68. The van der Waals surface area contributed by atoms with Crippen molar-refractivity contribution in [2.45, 2.75) is 118 Å². The molecule has 190 valence electrons. The van der Waals surface area contributed by atoms with Crippen molar-refractivity contribution in [3.05, 3.63) is 12.2 Å². The third-order valence-corrected chi connectivity index (χ3v) is 12.0. The molecule has 3 nitrogen and oxygen atoms in total. The molecule has 0 bridgehead atoms. The minimum Gasteiger partial charge on any atom is -0.272 e. The number of amides is 2. The van der Waals surface area contributed by atoms with E-state index < -0.39 is 0 Å². The molecule has 4 fully saturated rings. The Balaban J connectivity index is 1.27. The van der Waals surface area contributed by atoms with Gasteiger partial charge in [-0.25, -0.2) is 0 Å². The van der Waals surface area contributed by atoms with Crippen molar-refractivity contribution in [3.63, 3.8) is 0 Å². The molecule has 1 aliphatic heterocycles. The second kappa shape index (κ2) is 9.07. The number of carbonyl (C=O) groups excluding carboxylic acids is 2. The van der Waals surface area contributed by atoms with Gasteiger partial charge < -0.3 is 0 Å². The van der Waals surface area contributed by atoms with Crippen LogP contribution in [-0.4, -0.2) is 22.8 Å². The molecular formula is C31H49NO2. The maximum atomic E-state index is 12.3. The molecule has 2 amide bonds. The van der Waals surface area contributed by atoms with Gasteiger partial charge in [-0.15, -0.1) is 0 Å². The molecule has 5 rings (SSSR count). The Labute approximate surface area is 208 Å². The van der Waals surface area contributed by atoms with Crippen molar-refractivity contribution in [1.82, 2.24) is 4.90 Å². The SMILES string of the molecule is CC(C)CCCC(C)C1CCC2C3CCC4CC(N5C(=O)C=CC5=O)CCC4(C)C3CCC12C. The molecule has 9 unspecified atom stereocenters. The standard InChI is InChI=1S/C31H49NO2/c1-20(2)7-6-8-21(3)25-11-12-26-24-10-9-22-19-23(32-28(33)13-14-29(32)34)15-17-30(22,4)27(24)16-18-31(25,26)5/h13-14,20-27H,6-12,15-19H2,1-5H3. The van der Waals surface area contributed by atoms with Gasteiger partial charge in [-0.1, -0.05) is 53.9 Å². The van der Waals surface area contributed by atoms with E-state index in [1.807, 2.05) is 0 Å². The summed E-state index contributed by atoms with van der Waals surface area (Å²) in [6.45, 7) is 12.6. The van der Waals surface area contributed by atoms with Gasteiger partial charge in [0.05, 0.1) is 0 Å². The van der Waals surface area contributed by atoms with Gasteiger partial charge in [-0.3, -0.25) is 14.5 Å². The highest BCUT2D eigenvalue weighted by Gasteiger charge is 2.61. The maximum Gasteiger partial charge on any atom is 0.253 e. The van der Waals surface area contributed by atoms with E-state index in [1.54, 1.807) is 4.90 Å². The molecule has 3 heteroatoms. The van der Waals surface area contributed by atoms with Crippen molar-refractivity contribution >= 4 is 11.8 Å². The normalized spacial score (nSPS) is 44.8. The summed E-state index contributed by atoms with van der Waals surface area (Å²) in [5, 5.41) is 0. The van der Waals surface area contributed by atoms with E-state index in [0.29, 0.717) is 16.7 Å². The largest absolute Gasteiger partial charge is 0.272 e. The minimum absolute atomic E-state index is 0.0831. The molecule has 0 aromatic rings. The molecule has 4 saturated carbocycles. The molecule has 34 heavy (non-hydrogen) atoms. The molecule has 5 aliphatic rings. The number of rotatable bonds is 6. The van der Waals surface area contributed by atoms with Gasteiger partial charge >= 0.3 is 0 Å². The van der Waals surface area contributed by atoms with Crippen LogP contribution in [0, 0.1) is 52.3 Å². The summed E-state index contributed by atoms with van der Waals surface area (Å²) in [5.41, 5.74) is 0.958. The Bertz CT molecular complexity index is 813. The van der Waals surface area contributed by atoms with Crippen LogP contribution in [0.25, 0.3) is 0 Å². The van der Waals surface area contributed by atoms with Crippen molar-refractivity contribution in [2.24, 2.45) is 52.3 Å². The van der Waals surface area contributed by atoms with Crippen LogP contribution < -0.4 is 0 Å². The van der Waals surface area contributed by atoms with E-state index in [1.165, 1.54) is 76.4 Å². The summed E-state index contributed by atoms with van der Waals surface area (Å²) in [7, 11) is 0. The van der Waals surface area contributed by atoms with Crippen LogP contribution in [0.5, 0.6) is 0 Å². The molecule has 0 N–H and O–H groups in total. The molecule has 1 heterocycles. The molecule has 4 aliphatic carbocycles. The Hall–Kier alpha value is -1.12. The van der Waals surface area contributed by atoms with Gasteiger partial charge in [0.15, 0.2) is 0 Å². The van der Waals surface area contributed by atoms with E-state index >= 15 is 0 Å². The van der Waals surface area contributed by atoms with Crippen LogP contribution in [0.2, 0.25) is 0 Å². The number of nitrogens with zero attached hydrogens (tertiary/aromatic N) is 1. The molecule has 0 spiro atoms. The smallest absolute Gasteiger partial charge is 0.253 e. The summed E-state index contributed by atoms with van der Waals surface area (Å²) >= 11 is 0. The van der Waals surface area contributed by atoms with Crippen LogP contribution >= 0.6 is 0 Å². The zero-order valence-corrected chi connectivity index (χ0v) is 22.5. The molecule has 0 radical (unpaired) electrons. The highest BCUT2D eigenvalue weighted by atomic mass is 16.2. The van der Waals surface area contributed by atoms with Crippen LogP contribution in [0.4, 0.5) is 0 Å². The lowest BCUT2D eigenvalue weighted by Crippen LogP contribution is -2.56. The van der Waals surface area contributed by atoms with Gasteiger partial charge in [0.2, 0.25) is 0 Å². The van der Waals surface area contributed by atoms with E-state index in [0.717, 1.165) is 48.3 Å². The number of imide groups is 1. The lowest BCUT2D eigenvalue weighted by atomic mass is 9.44. The number of fused-ring (bicyclic) bond motifs is 5.